The molecule has 3 amide bonds. The zero-order valence-electron chi connectivity index (χ0n) is 22.8. The monoisotopic (exact) mass is 577 g/mol. The van der Waals surface area contributed by atoms with Crippen molar-refractivity contribution in [2.75, 3.05) is 42.8 Å². The quantitative estimate of drug-likeness (QED) is 0.317. The van der Waals surface area contributed by atoms with Crippen molar-refractivity contribution >= 4 is 46.5 Å². The number of amides is 3. The zero-order chi connectivity index (χ0) is 29.4. The molecule has 8 heterocycles. The summed E-state index contributed by atoms with van der Waals surface area (Å²) in [6, 6.07) is 9.00. The number of ether oxygens (including phenoxy) is 3. The fraction of sp³-hybridized carbons (Fsp3) is 0.321. The molecule has 0 spiro atoms. The number of methoxy groups -OCH3 is 1. The Morgan fingerprint density at radius 2 is 1.86 bits per heavy atom. The van der Waals surface area contributed by atoms with Crippen LogP contribution in [0.2, 0.25) is 0 Å². The molecule has 0 saturated carbocycles. The predicted molar refractivity (Wildman–Crippen MR) is 149 cm³/mol. The summed E-state index contributed by atoms with van der Waals surface area (Å²) in [4.78, 5) is 49.6. The molecule has 3 aromatic rings. The van der Waals surface area contributed by atoms with Gasteiger partial charge in [-0.1, -0.05) is 0 Å². The molecule has 0 radical (unpaired) electrons. The fourth-order valence-electron chi connectivity index (χ4n) is 5.10. The average Bonchev–Trinajstić information content (AvgIpc) is 3.47. The van der Waals surface area contributed by atoms with Crippen LogP contribution in [-0.2, 0) is 14.4 Å². The molecule has 7 aliphatic rings. The van der Waals surface area contributed by atoms with E-state index >= 15 is 0 Å². The Hall–Kier alpha value is -5.14. The minimum absolute atomic E-state index is 0.111. The molecular formula is C28H28FN7O6. The number of halogens is 1. The van der Waals surface area contributed by atoms with Crippen molar-refractivity contribution in [1.82, 2.24) is 20.2 Å². The van der Waals surface area contributed by atoms with Gasteiger partial charge in [-0.25, -0.2) is 9.37 Å². The Balaban J connectivity index is 1.36. The van der Waals surface area contributed by atoms with Crippen LogP contribution in [0.25, 0.3) is 0 Å². The first kappa shape index (κ1) is 27.1. The van der Waals surface area contributed by atoms with Crippen LogP contribution in [0.4, 0.5) is 33.2 Å². The van der Waals surface area contributed by atoms with Crippen LogP contribution >= 0.6 is 0 Å². The van der Waals surface area contributed by atoms with Gasteiger partial charge in [0.1, 0.15) is 18.4 Å². The Bertz CT molecular complexity index is 1590. The van der Waals surface area contributed by atoms with Crippen LogP contribution in [0, 0.1) is 5.82 Å². The van der Waals surface area contributed by atoms with Crippen molar-refractivity contribution < 1.29 is 33.0 Å². The van der Waals surface area contributed by atoms with E-state index in [1.165, 1.54) is 25.0 Å². The molecule has 4 N–H and O–H groups in total. The first-order chi connectivity index (χ1) is 20.2. The molecular weight excluding hydrogens is 549 g/mol. The summed E-state index contributed by atoms with van der Waals surface area (Å²) < 4.78 is 31.9. The molecule has 14 heteroatoms. The van der Waals surface area contributed by atoms with Crippen LogP contribution in [0.1, 0.15) is 19.8 Å². The summed E-state index contributed by atoms with van der Waals surface area (Å²) in [6.45, 7) is 1.99. The van der Waals surface area contributed by atoms with Crippen molar-refractivity contribution in [2.45, 2.75) is 31.4 Å². The molecule has 13 nitrogen and oxygen atoms in total. The molecule has 218 valence electrons. The van der Waals surface area contributed by atoms with Gasteiger partial charge in [-0.2, -0.15) is 4.98 Å². The number of hydrogen-bond acceptors (Lipinski definition) is 10. The lowest BCUT2D eigenvalue weighted by Crippen LogP contribution is -2.61. The van der Waals surface area contributed by atoms with Gasteiger partial charge in [0.05, 0.1) is 25.5 Å². The van der Waals surface area contributed by atoms with Crippen molar-refractivity contribution in [3.8, 4) is 17.2 Å². The standard InChI is InChI=1S/C28H28FN7O6/c1-28-25(38)34-18-12-15(5-7-20(18)42-28)32-23-17(29)14-31-27(35-23)33-16-6-8-21(22(13-16)40-2)41-11-9-30-24(37)19-4-3-10-36(19)26(28)39/h5-8,12-14,19H,3-4,9-11H2,1-2H3,(H,30,37)(H,34,38)(H2,31,32,33,35)/t19-,28?/m1/s1. The van der Waals surface area contributed by atoms with Crippen LogP contribution in [0.5, 0.6) is 17.2 Å². The summed E-state index contributed by atoms with van der Waals surface area (Å²) in [5.41, 5.74) is -0.657. The number of hydrogen-bond donors (Lipinski definition) is 4. The Kier molecular flexibility index (Phi) is 6.88. The lowest BCUT2D eigenvalue weighted by molar-refractivity contribution is -0.157. The normalized spacial score (nSPS) is 21.8. The maximum Gasteiger partial charge on any atom is 0.278 e. The van der Waals surface area contributed by atoms with Gasteiger partial charge in [-0.05, 0) is 50.1 Å². The smallest absolute Gasteiger partial charge is 0.278 e. The van der Waals surface area contributed by atoms with Crippen LogP contribution < -0.4 is 35.5 Å². The highest BCUT2D eigenvalue weighted by atomic mass is 19.1. The number of aromatic nitrogens is 2. The summed E-state index contributed by atoms with van der Waals surface area (Å²) in [7, 11) is 1.49. The van der Waals surface area contributed by atoms with Crippen LogP contribution in [-0.4, -0.2) is 71.0 Å². The van der Waals surface area contributed by atoms with Gasteiger partial charge in [0.2, 0.25) is 11.9 Å². The molecule has 2 aromatic carbocycles. The van der Waals surface area contributed by atoms with Crippen molar-refractivity contribution in [1.29, 1.82) is 0 Å². The molecule has 10 rings (SSSR count). The molecule has 42 heavy (non-hydrogen) atoms. The first-order valence-electron chi connectivity index (χ1n) is 13.4. The largest absolute Gasteiger partial charge is 0.493 e. The first-order valence-corrected chi connectivity index (χ1v) is 13.4. The van der Waals surface area contributed by atoms with Gasteiger partial charge in [-0.3, -0.25) is 14.4 Å². The molecule has 0 aliphatic carbocycles. The summed E-state index contributed by atoms with van der Waals surface area (Å²) in [5, 5.41) is 11.4. The van der Waals surface area contributed by atoms with E-state index in [1.807, 2.05) is 0 Å². The van der Waals surface area contributed by atoms with Gasteiger partial charge < -0.3 is 40.4 Å². The summed E-state index contributed by atoms with van der Waals surface area (Å²) in [5.74, 6) is -1.26. The number of rotatable bonds is 1. The van der Waals surface area contributed by atoms with Gasteiger partial charge in [0.25, 0.3) is 17.4 Å². The topological polar surface area (TPSA) is 156 Å². The third-order valence-electron chi connectivity index (χ3n) is 7.29. The van der Waals surface area contributed by atoms with E-state index in [1.54, 1.807) is 30.3 Å². The van der Waals surface area contributed by atoms with E-state index in [0.717, 1.165) is 6.20 Å². The number of nitrogens with one attached hydrogen (secondary N) is 4. The molecule has 7 aliphatic heterocycles. The van der Waals surface area contributed by atoms with Crippen LogP contribution in [0.3, 0.4) is 0 Å². The number of benzene rings is 2. The summed E-state index contributed by atoms with van der Waals surface area (Å²) in [6.07, 6.45) is 2.07. The Morgan fingerprint density at radius 1 is 1.07 bits per heavy atom. The molecule has 1 unspecified atom stereocenters. The number of anilines is 5. The van der Waals surface area contributed by atoms with Crippen LogP contribution in [0.15, 0.2) is 42.6 Å². The highest BCUT2D eigenvalue weighted by molar-refractivity contribution is 6.16. The SMILES string of the molecule is COc1cc2ccc1OCCNC(=O)[C@H]1CCCN1C(=O)C1(C)Oc3ccc(cc3NC1=O)Nc1nc(ncc1F)N2. The number of carbonyl (C=O) groups is 3. The fourth-order valence-corrected chi connectivity index (χ4v) is 5.10. The third-order valence-corrected chi connectivity index (χ3v) is 7.29. The minimum Gasteiger partial charge on any atom is -0.493 e. The minimum atomic E-state index is -1.90. The lowest BCUT2D eigenvalue weighted by Gasteiger charge is -2.37. The predicted octanol–water partition coefficient (Wildman–Crippen LogP) is 2.70. The highest BCUT2D eigenvalue weighted by Gasteiger charge is 2.52. The lowest BCUT2D eigenvalue weighted by atomic mass is 10.00. The van der Waals surface area contributed by atoms with Crippen molar-refractivity contribution in [2.24, 2.45) is 0 Å². The van der Waals surface area contributed by atoms with Crippen molar-refractivity contribution in [3.63, 3.8) is 0 Å². The summed E-state index contributed by atoms with van der Waals surface area (Å²) >= 11 is 0. The molecule has 1 aromatic heterocycles. The molecule has 1 saturated heterocycles. The molecule has 8 bridgehead atoms. The van der Waals surface area contributed by atoms with E-state index in [2.05, 4.69) is 31.2 Å². The van der Waals surface area contributed by atoms with E-state index in [0.29, 0.717) is 42.3 Å². The van der Waals surface area contributed by atoms with E-state index in [4.69, 9.17) is 14.2 Å². The van der Waals surface area contributed by atoms with Crippen molar-refractivity contribution in [3.05, 3.63) is 48.4 Å². The highest BCUT2D eigenvalue weighted by Crippen LogP contribution is 2.38. The Labute approximate surface area is 239 Å². The second kappa shape index (κ2) is 10.7. The second-order valence-corrected chi connectivity index (χ2v) is 10.1. The van der Waals surface area contributed by atoms with Gasteiger partial charge >= 0.3 is 0 Å². The van der Waals surface area contributed by atoms with Gasteiger partial charge in [0.15, 0.2) is 23.1 Å². The average molecular weight is 578 g/mol. The molecule has 2 atom stereocenters. The van der Waals surface area contributed by atoms with Gasteiger partial charge in [-0.15, -0.1) is 0 Å². The zero-order valence-corrected chi connectivity index (χ0v) is 22.8. The maximum atomic E-state index is 14.7. The Morgan fingerprint density at radius 3 is 2.67 bits per heavy atom. The molecule has 1 fully saturated rings. The maximum absolute atomic E-state index is 14.7. The van der Waals surface area contributed by atoms with E-state index in [-0.39, 0.29) is 42.3 Å². The van der Waals surface area contributed by atoms with E-state index in [9.17, 15) is 18.8 Å². The van der Waals surface area contributed by atoms with Gasteiger partial charge in [0, 0.05) is 24.0 Å². The number of nitrogens with zero attached hydrogens (tertiary/aromatic N) is 3. The third kappa shape index (κ3) is 4.95. The second-order valence-electron chi connectivity index (χ2n) is 10.1. The number of carbonyl (C=O) groups excluding carboxylic acids is 3. The van der Waals surface area contributed by atoms with E-state index < -0.39 is 29.3 Å².